The molecule has 0 spiro atoms. The first-order chi connectivity index (χ1) is 14.5. The molecule has 164 valence electrons. The first-order valence-electron chi connectivity index (χ1n) is 10.2. The van der Waals surface area contributed by atoms with Gasteiger partial charge >= 0.3 is 6.09 Å². The van der Waals surface area contributed by atoms with Gasteiger partial charge in [0.05, 0.1) is 18.0 Å². The van der Waals surface area contributed by atoms with Gasteiger partial charge in [-0.15, -0.1) is 0 Å². The Hall–Kier alpha value is -2.97. The van der Waals surface area contributed by atoms with Crippen molar-refractivity contribution in [3.8, 4) is 0 Å². The van der Waals surface area contributed by atoms with E-state index in [1.807, 2.05) is 42.5 Å². The van der Waals surface area contributed by atoms with Crippen LogP contribution in [0.3, 0.4) is 0 Å². The molecule has 31 heavy (non-hydrogen) atoms. The summed E-state index contributed by atoms with van der Waals surface area (Å²) >= 11 is 0. The summed E-state index contributed by atoms with van der Waals surface area (Å²) in [6.45, 7) is 11.6. The second-order valence-corrected chi connectivity index (χ2v) is 13.9. The molecule has 0 fully saturated rings. The van der Waals surface area contributed by atoms with E-state index >= 15 is 0 Å². The zero-order chi connectivity index (χ0) is 22.8. The first-order valence-corrected chi connectivity index (χ1v) is 13.1. The van der Waals surface area contributed by atoms with Gasteiger partial charge in [-0.3, -0.25) is 10.1 Å². The molecule has 0 saturated carbocycles. The maximum atomic E-state index is 12.4. The molecule has 0 aliphatic carbocycles. The number of carbonyl (C=O) groups is 2. The fourth-order valence-corrected chi connectivity index (χ4v) is 3.90. The lowest BCUT2D eigenvalue weighted by atomic mass is 9.99. The van der Waals surface area contributed by atoms with Gasteiger partial charge in [0, 0.05) is 11.1 Å². The van der Waals surface area contributed by atoms with Gasteiger partial charge in [0.1, 0.15) is 0 Å². The lowest BCUT2D eigenvalue weighted by molar-refractivity contribution is -0.117. The van der Waals surface area contributed by atoms with E-state index < -0.39 is 26.5 Å². The number of hydrogen-bond donors (Lipinski definition) is 3. The maximum Gasteiger partial charge on any atom is 0.406 e. The van der Waals surface area contributed by atoms with Crippen LogP contribution in [0.4, 0.5) is 10.5 Å². The lowest BCUT2D eigenvalue weighted by Gasteiger charge is -2.36. The number of nitrogens with one attached hydrogen (secondary N) is 2. The van der Waals surface area contributed by atoms with Gasteiger partial charge in [-0.2, -0.15) is 0 Å². The molecule has 0 saturated heterocycles. The third-order valence-electron chi connectivity index (χ3n) is 5.84. The van der Waals surface area contributed by atoms with Crippen molar-refractivity contribution in [2.24, 2.45) is 4.99 Å². The molecule has 3 N–H and O–H groups in total. The summed E-state index contributed by atoms with van der Waals surface area (Å²) in [6.07, 6.45) is -2.55. The molecule has 1 aliphatic heterocycles. The van der Waals surface area contributed by atoms with Crippen LogP contribution in [0.2, 0.25) is 18.1 Å². The second kappa shape index (κ2) is 8.64. The van der Waals surface area contributed by atoms with E-state index in [4.69, 9.17) is 9.53 Å². The monoisotopic (exact) mass is 439 g/mol. The van der Waals surface area contributed by atoms with E-state index in [2.05, 4.69) is 49.5 Å². The van der Waals surface area contributed by atoms with Crippen molar-refractivity contribution >= 4 is 31.7 Å². The number of amides is 2. The summed E-state index contributed by atoms with van der Waals surface area (Å²) in [4.78, 5) is 28.0. The minimum Gasteiger partial charge on any atom is -0.465 e. The van der Waals surface area contributed by atoms with Crippen molar-refractivity contribution < 1.29 is 19.1 Å². The highest BCUT2D eigenvalue weighted by atomic mass is 28.4. The van der Waals surface area contributed by atoms with Gasteiger partial charge < -0.3 is 14.8 Å². The number of carboxylic acid groups (broad SMARTS) is 1. The molecule has 0 bridgehead atoms. The van der Waals surface area contributed by atoms with E-state index in [0.717, 1.165) is 16.7 Å². The molecule has 2 aromatic carbocycles. The molecule has 1 heterocycles. The Balaban J connectivity index is 1.90. The van der Waals surface area contributed by atoms with Crippen LogP contribution in [0.5, 0.6) is 0 Å². The summed E-state index contributed by atoms with van der Waals surface area (Å²) in [5.41, 5.74) is 3.70. The summed E-state index contributed by atoms with van der Waals surface area (Å²) in [5.74, 6) is -0.524. The average molecular weight is 440 g/mol. The topological polar surface area (TPSA) is 100 Å². The first kappa shape index (κ1) is 22.7. The fraction of sp³-hybridized carbons (Fsp3) is 0.348. The smallest absolute Gasteiger partial charge is 0.406 e. The number of para-hydroxylation sites is 1. The zero-order valence-corrected chi connectivity index (χ0v) is 19.5. The van der Waals surface area contributed by atoms with Crippen LogP contribution in [0.15, 0.2) is 53.5 Å². The molecule has 1 aliphatic rings. The van der Waals surface area contributed by atoms with Gasteiger partial charge in [0.2, 0.25) is 6.17 Å². The van der Waals surface area contributed by atoms with Crippen molar-refractivity contribution in [1.82, 2.24) is 5.32 Å². The molecule has 2 amide bonds. The maximum absolute atomic E-state index is 12.4. The average Bonchev–Trinajstić information content (AvgIpc) is 2.82. The SMILES string of the molecule is CC(C)(C)[Si](C)(C)OCc1ccc(C2=NC(NC(=O)O)C(=O)Nc3ccccc32)cc1. The molecule has 1 unspecified atom stereocenters. The number of rotatable bonds is 5. The van der Waals surface area contributed by atoms with Crippen LogP contribution in [0, 0.1) is 0 Å². The van der Waals surface area contributed by atoms with Crippen molar-refractivity contribution in [1.29, 1.82) is 0 Å². The van der Waals surface area contributed by atoms with E-state index in [9.17, 15) is 9.59 Å². The number of anilines is 1. The molecule has 0 aromatic heterocycles. The number of benzodiazepines with no additional fused rings is 1. The molecule has 3 rings (SSSR count). The van der Waals surface area contributed by atoms with E-state index in [1.54, 1.807) is 6.07 Å². The van der Waals surface area contributed by atoms with Crippen LogP contribution in [-0.4, -0.2) is 37.3 Å². The number of benzene rings is 2. The highest BCUT2D eigenvalue weighted by molar-refractivity contribution is 6.74. The Bertz CT molecular complexity index is 1010. The van der Waals surface area contributed by atoms with E-state index in [-0.39, 0.29) is 5.04 Å². The Kier molecular flexibility index (Phi) is 6.33. The Labute approximate surface area is 183 Å². The predicted octanol–water partition coefficient (Wildman–Crippen LogP) is 4.59. The van der Waals surface area contributed by atoms with E-state index in [1.165, 1.54) is 0 Å². The molecule has 2 aromatic rings. The summed E-state index contributed by atoms with van der Waals surface area (Å²) in [5, 5.41) is 14.1. The zero-order valence-electron chi connectivity index (χ0n) is 18.5. The molecule has 8 heteroatoms. The van der Waals surface area contributed by atoms with Crippen LogP contribution in [0.1, 0.15) is 37.5 Å². The van der Waals surface area contributed by atoms with E-state index in [0.29, 0.717) is 18.0 Å². The normalized spacial score (nSPS) is 16.6. The highest BCUT2D eigenvalue weighted by Crippen LogP contribution is 2.37. The molecule has 1 atom stereocenters. The molecule has 7 nitrogen and oxygen atoms in total. The summed E-state index contributed by atoms with van der Waals surface area (Å²) in [7, 11) is -1.85. The largest absolute Gasteiger partial charge is 0.465 e. The predicted molar refractivity (Wildman–Crippen MR) is 124 cm³/mol. The van der Waals surface area contributed by atoms with Gasteiger partial charge in [0.15, 0.2) is 8.32 Å². The summed E-state index contributed by atoms with van der Waals surface area (Å²) in [6, 6.07) is 15.1. The molecule has 0 radical (unpaired) electrons. The Morgan fingerprint density at radius 1 is 1.16 bits per heavy atom. The number of carbonyl (C=O) groups excluding carboxylic acids is 1. The van der Waals surface area contributed by atoms with Crippen LogP contribution in [-0.2, 0) is 15.8 Å². The standard InChI is InChI=1S/C23H29N3O4Si/c1-23(2,3)31(4,5)30-14-15-10-12-16(13-11-15)19-17-8-6-7-9-18(17)24-21(27)20(25-19)26-22(28)29/h6-13,20,26H,14H2,1-5H3,(H,24,27)(H,28,29). The van der Waals surface area contributed by atoms with Gasteiger partial charge in [0.25, 0.3) is 5.91 Å². The van der Waals surface area contributed by atoms with Gasteiger partial charge in [-0.1, -0.05) is 63.2 Å². The number of aliphatic imine (C=N–C) groups is 1. The number of fused-ring (bicyclic) bond motifs is 1. The Morgan fingerprint density at radius 3 is 2.42 bits per heavy atom. The fourth-order valence-electron chi connectivity index (χ4n) is 2.94. The highest BCUT2D eigenvalue weighted by Gasteiger charge is 2.37. The molecular formula is C23H29N3O4Si. The van der Waals surface area contributed by atoms with Crippen LogP contribution >= 0.6 is 0 Å². The third-order valence-corrected chi connectivity index (χ3v) is 10.3. The van der Waals surface area contributed by atoms with Gasteiger partial charge in [-0.25, -0.2) is 9.79 Å². The third kappa shape index (κ3) is 5.21. The quantitative estimate of drug-likeness (QED) is 0.593. The Morgan fingerprint density at radius 2 is 1.81 bits per heavy atom. The minimum atomic E-state index is -1.85. The van der Waals surface area contributed by atoms with Crippen molar-refractivity contribution in [3.05, 3.63) is 65.2 Å². The van der Waals surface area contributed by atoms with Crippen molar-refractivity contribution in [3.63, 3.8) is 0 Å². The van der Waals surface area contributed by atoms with Crippen LogP contribution in [0.25, 0.3) is 0 Å². The molecular weight excluding hydrogens is 410 g/mol. The van der Waals surface area contributed by atoms with Crippen LogP contribution < -0.4 is 10.6 Å². The number of nitrogens with zero attached hydrogens (tertiary/aromatic N) is 1. The summed E-state index contributed by atoms with van der Waals surface area (Å²) < 4.78 is 6.30. The lowest BCUT2D eigenvalue weighted by Crippen LogP contribution is -2.41. The number of hydrogen-bond acceptors (Lipinski definition) is 4. The minimum absolute atomic E-state index is 0.136. The van der Waals surface area contributed by atoms with Crippen molar-refractivity contribution in [2.75, 3.05) is 5.32 Å². The second-order valence-electron chi connectivity index (χ2n) is 9.11. The van der Waals surface area contributed by atoms with Gasteiger partial charge in [-0.05, 0) is 29.8 Å². The van der Waals surface area contributed by atoms with Crippen molar-refractivity contribution in [2.45, 2.75) is 51.7 Å².